The van der Waals surface area contributed by atoms with Crippen molar-refractivity contribution in [2.75, 3.05) is 52.7 Å². The van der Waals surface area contributed by atoms with Crippen LogP contribution in [0.3, 0.4) is 0 Å². The van der Waals surface area contributed by atoms with Crippen LogP contribution < -0.4 is 10.6 Å². The van der Waals surface area contributed by atoms with Crippen molar-refractivity contribution < 1.29 is 43.2 Å². The van der Waals surface area contributed by atoms with E-state index in [2.05, 4.69) is 10.6 Å². The molecule has 3 N–H and O–H groups in total. The molecule has 0 spiro atoms. The Kier molecular flexibility index (Phi) is 30.8. The number of carboxylic acid groups (broad SMARTS) is 1. The molecule has 11 nitrogen and oxygen atoms in total. The van der Waals surface area contributed by atoms with Crippen molar-refractivity contribution in [2.45, 2.75) is 155 Å². The molecular weight excluding hydrogens is 604 g/mol. The van der Waals surface area contributed by atoms with Crippen LogP contribution in [-0.4, -0.2) is 87.2 Å². The summed E-state index contributed by atoms with van der Waals surface area (Å²) >= 11 is 0. The third kappa shape index (κ3) is 38.1. The number of amides is 2. The maximum absolute atomic E-state index is 12.0. The zero-order valence-corrected chi connectivity index (χ0v) is 30.0. The van der Waals surface area contributed by atoms with Gasteiger partial charge in [-0.1, -0.05) is 77.0 Å². The zero-order valence-electron chi connectivity index (χ0n) is 30.0. The van der Waals surface area contributed by atoms with Gasteiger partial charge in [0.25, 0.3) is 0 Å². The zero-order chi connectivity index (χ0) is 34.9. The van der Waals surface area contributed by atoms with E-state index in [4.69, 9.17) is 24.1 Å². The van der Waals surface area contributed by atoms with Gasteiger partial charge in [-0.2, -0.15) is 0 Å². The second kappa shape index (κ2) is 32.3. The normalized spacial score (nSPS) is 11.4. The highest BCUT2D eigenvalue weighted by atomic mass is 16.6. The van der Waals surface area contributed by atoms with Gasteiger partial charge < -0.3 is 34.7 Å². The summed E-state index contributed by atoms with van der Waals surface area (Å²) < 4.78 is 21.8. The molecule has 0 unspecified atom stereocenters. The Hall–Kier alpha value is -2.24. The first-order valence-corrected chi connectivity index (χ1v) is 18.3. The third-order valence-corrected chi connectivity index (χ3v) is 7.34. The number of esters is 1. The van der Waals surface area contributed by atoms with Gasteiger partial charge in [-0.3, -0.25) is 19.2 Å². The van der Waals surface area contributed by atoms with Crippen molar-refractivity contribution in [3.8, 4) is 0 Å². The number of carbonyl (C=O) groups excluding carboxylic acids is 3. The van der Waals surface area contributed by atoms with Crippen LogP contribution in [0, 0.1) is 0 Å². The van der Waals surface area contributed by atoms with Gasteiger partial charge in [0.05, 0.1) is 32.8 Å². The van der Waals surface area contributed by atoms with Crippen molar-refractivity contribution in [1.82, 2.24) is 10.6 Å². The molecule has 11 heteroatoms. The Bertz CT molecular complexity index is 787. The van der Waals surface area contributed by atoms with Gasteiger partial charge >= 0.3 is 11.9 Å². The van der Waals surface area contributed by atoms with Crippen LogP contribution in [0.4, 0.5) is 0 Å². The number of aliphatic carboxylic acids is 1. The molecule has 0 aliphatic rings. The minimum Gasteiger partial charge on any atom is -0.481 e. The number of hydrogen-bond acceptors (Lipinski definition) is 8. The largest absolute Gasteiger partial charge is 0.481 e. The molecule has 0 aliphatic carbocycles. The summed E-state index contributed by atoms with van der Waals surface area (Å²) in [6.45, 7) is 9.79. The summed E-state index contributed by atoms with van der Waals surface area (Å²) in [6.07, 6.45) is 19.3. The lowest BCUT2D eigenvalue weighted by atomic mass is 10.0. The van der Waals surface area contributed by atoms with Crippen LogP contribution in [0.2, 0.25) is 0 Å². The number of rotatable bonds is 34. The number of hydrogen-bond donors (Lipinski definition) is 3. The van der Waals surface area contributed by atoms with Gasteiger partial charge in [-0.05, 0) is 46.5 Å². The minimum atomic E-state index is -0.979. The molecule has 0 aromatic rings. The molecule has 276 valence electrons. The second-order valence-electron chi connectivity index (χ2n) is 13.2. The Balaban J connectivity index is 3.25. The lowest BCUT2D eigenvalue weighted by molar-refractivity contribution is -0.155. The maximum Gasteiger partial charge on any atom is 0.306 e. The summed E-state index contributed by atoms with van der Waals surface area (Å²) in [5.41, 5.74) is -0.381. The molecule has 0 saturated carbocycles. The third-order valence-electron chi connectivity index (χ3n) is 7.34. The first-order chi connectivity index (χ1) is 22.6. The van der Waals surface area contributed by atoms with E-state index in [-0.39, 0.29) is 36.2 Å². The molecule has 0 atom stereocenters. The van der Waals surface area contributed by atoms with Crippen molar-refractivity contribution >= 4 is 23.8 Å². The molecule has 0 bridgehead atoms. The fourth-order valence-electron chi connectivity index (χ4n) is 4.81. The molecule has 0 aromatic heterocycles. The molecule has 0 fully saturated rings. The van der Waals surface area contributed by atoms with Crippen LogP contribution >= 0.6 is 0 Å². The van der Waals surface area contributed by atoms with E-state index < -0.39 is 5.97 Å². The van der Waals surface area contributed by atoms with Crippen LogP contribution in [0.5, 0.6) is 0 Å². The second-order valence-corrected chi connectivity index (χ2v) is 13.2. The molecule has 2 amide bonds. The highest BCUT2D eigenvalue weighted by Crippen LogP contribution is 2.15. The summed E-state index contributed by atoms with van der Waals surface area (Å²) in [7, 11) is 0. The maximum atomic E-state index is 12.0. The van der Waals surface area contributed by atoms with Crippen LogP contribution in [0.15, 0.2) is 0 Å². The standard InChI is InChI=1S/C36H68N2O9/c1-36(2,3)47-35(43)21-17-15-13-11-9-7-5-4-6-8-10-12-14-16-20-32(39)37-24-18-26-44-28-30-46-31-29-45-27-19-25-38-33(40)22-23-34(41)42/h4-31H2,1-3H3,(H,37,39)(H,38,40)(H,41,42). The Morgan fingerprint density at radius 2 is 0.830 bits per heavy atom. The van der Waals surface area contributed by atoms with Gasteiger partial charge in [0, 0.05) is 45.6 Å². The monoisotopic (exact) mass is 672 g/mol. The van der Waals surface area contributed by atoms with E-state index in [1.807, 2.05) is 20.8 Å². The number of nitrogens with one attached hydrogen (secondary N) is 2. The van der Waals surface area contributed by atoms with Crippen LogP contribution in [-0.2, 0) is 38.1 Å². The van der Waals surface area contributed by atoms with E-state index in [0.717, 1.165) is 32.1 Å². The first kappa shape index (κ1) is 44.8. The van der Waals surface area contributed by atoms with E-state index in [0.29, 0.717) is 72.0 Å². The number of ether oxygens (including phenoxy) is 4. The van der Waals surface area contributed by atoms with E-state index in [1.165, 1.54) is 64.2 Å². The van der Waals surface area contributed by atoms with Crippen LogP contribution in [0.1, 0.15) is 149 Å². The van der Waals surface area contributed by atoms with Crippen molar-refractivity contribution in [3.05, 3.63) is 0 Å². The fourth-order valence-corrected chi connectivity index (χ4v) is 4.81. The molecule has 0 aliphatic heterocycles. The molecule has 0 saturated heterocycles. The summed E-state index contributed by atoms with van der Waals surface area (Å²) in [4.78, 5) is 45.5. The average Bonchev–Trinajstić information content (AvgIpc) is 3.00. The Morgan fingerprint density at radius 3 is 1.23 bits per heavy atom. The van der Waals surface area contributed by atoms with Gasteiger partial charge in [0.2, 0.25) is 11.8 Å². The summed E-state index contributed by atoms with van der Waals surface area (Å²) in [5, 5.41) is 14.2. The molecule has 47 heavy (non-hydrogen) atoms. The first-order valence-electron chi connectivity index (χ1n) is 18.3. The fraction of sp³-hybridized carbons (Fsp3) is 0.889. The molecular formula is C36H68N2O9. The van der Waals surface area contributed by atoms with Gasteiger partial charge in [-0.25, -0.2) is 0 Å². The Morgan fingerprint density at radius 1 is 0.468 bits per heavy atom. The highest BCUT2D eigenvalue weighted by molar-refractivity contribution is 5.80. The van der Waals surface area contributed by atoms with Crippen molar-refractivity contribution in [3.63, 3.8) is 0 Å². The lowest BCUT2D eigenvalue weighted by Gasteiger charge is -2.19. The number of unbranched alkanes of at least 4 members (excludes halogenated alkanes) is 13. The van der Waals surface area contributed by atoms with E-state index in [1.54, 1.807) is 0 Å². The smallest absolute Gasteiger partial charge is 0.306 e. The molecule has 0 aromatic carbocycles. The van der Waals surface area contributed by atoms with Gasteiger partial charge in [-0.15, -0.1) is 0 Å². The molecule has 0 radical (unpaired) electrons. The number of carboxylic acids is 1. The summed E-state index contributed by atoms with van der Waals surface area (Å²) in [5.74, 6) is -1.20. The molecule has 0 rings (SSSR count). The quantitative estimate of drug-likeness (QED) is 0.0515. The number of carbonyl (C=O) groups is 4. The lowest BCUT2D eigenvalue weighted by Crippen LogP contribution is -2.25. The van der Waals surface area contributed by atoms with Crippen molar-refractivity contribution in [2.24, 2.45) is 0 Å². The molecule has 0 heterocycles. The predicted molar refractivity (Wildman–Crippen MR) is 184 cm³/mol. The average molecular weight is 673 g/mol. The van der Waals surface area contributed by atoms with Crippen molar-refractivity contribution in [1.29, 1.82) is 0 Å². The summed E-state index contributed by atoms with van der Waals surface area (Å²) in [6, 6.07) is 0. The van der Waals surface area contributed by atoms with E-state index in [9.17, 15) is 19.2 Å². The predicted octanol–water partition coefficient (Wildman–Crippen LogP) is 6.50. The Labute approximate surface area is 285 Å². The van der Waals surface area contributed by atoms with Gasteiger partial charge in [0.15, 0.2) is 0 Å². The SMILES string of the molecule is CC(C)(C)OC(=O)CCCCCCCCCCCCCCCCC(=O)NCCCOCCOCCOCCCNC(=O)CCC(=O)O. The van der Waals surface area contributed by atoms with Crippen LogP contribution in [0.25, 0.3) is 0 Å². The highest BCUT2D eigenvalue weighted by Gasteiger charge is 2.15. The van der Waals surface area contributed by atoms with Gasteiger partial charge in [0.1, 0.15) is 5.60 Å². The minimum absolute atomic E-state index is 0.00605. The topological polar surface area (TPSA) is 149 Å². The van der Waals surface area contributed by atoms with E-state index >= 15 is 0 Å².